The molecule has 1 heterocycles. The van der Waals surface area contributed by atoms with Crippen LogP contribution in [-0.2, 0) is 11.3 Å². The van der Waals surface area contributed by atoms with Gasteiger partial charge in [-0.3, -0.25) is 4.79 Å². The van der Waals surface area contributed by atoms with E-state index in [9.17, 15) is 4.79 Å². The van der Waals surface area contributed by atoms with Crippen molar-refractivity contribution in [1.82, 2.24) is 9.78 Å². The second kappa shape index (κ2) is 6.42. The van der Waals surface area contributed by atoms with Gasteiger partial charge in [-0.1, -0.05) is 13.8 Å². The van der Waals surface area contributed by atoms with E-state index in [0.29, 0.717) is 11.7 Å². The third kappa shape index (κ3) is 4.31. The summed E-state index contributed by atoms with van der Waals surface area (Å²) in [6.45, 7) is 4.96. The van der Waals surface area contributed by atoms with E-state index in [1.165, 1.54) is 0 Å². The van der Waals surface area contributed by atoms with Crippen LogP contribution >= 0.6 is 12.4 Å². The summed E-state index contributed by atoms with van der Waals surface area (Å²) in [4.78, 5) is 11.0. The summed E-state index contributed by atoms with van der Waals surface area (Å²) in [5, 5.41) is 6.79. The lowest BCUT2D eigenvalue weighted by atomic mass is 10.2. The molecule has 0 radical (unpaired) electrons. The number of rotatable bonds is 4. The average molecular weight is 233 g/mol. The van der Waals surface area contributed by atoms with Crippen molar-refractivity contribution >= 4 is 24.1 Å². The topological polar surface area (TPSA) is 72.9 Å². The molecular formula is C9H17ClN4O. The van der Waals surface area contributed by atoms with Crippen molar-refractivity contribution in [3.05, 3.63) is 12.3 Å². The van der Waals surface area contributed by atoms with Gasteiger partial charge in [0.15, 0.2) is 0 Å². The number of aromatic nitrogens is 2. The number of hydrogen-bond acceptors (Lipinski definition) is 3. The number of hydrogen-bond donors (Lipinski definition) is 2. The Balaban J connectivity index is 0.00000196. The van der Waals surface area contributed by atoms with Crippen LogP contribution in [-0.4, -0.2) is 22.2 Å². The average Bonchev–Trinajstić information content (AvgIpc) is 2.52. The first-order valence-electron chi connectivity index (χ1n) is 4.65. The molecule has 1 rings (SSSR count). The minimum Gasteiger partial charge on any atom is -0.322 e. The molecule has 0 unspecified atom stereocenters. The first kappa shape index (κ1) is 13.9. The number of halogens is 1. The fourth-order valence-corrected chi connectivity index (χ4v) is 1.12. The van der Waals surface area contributed by atoms with E-state index >= 15 is 0 Å². The summed E-state index contributed by atoms with van der Waals surface area (Å²) >= 11 is 0. The number of nitrogens with zero attached hydrogens (tertiary/aromatic N) is 2. The summed E-state index contributed by atoms with van der Waals surface area (Å²) in [5.41, 5.74) is 5.20. The maximum absolute atomic E-state index is 11.0. The van der Waals surface area contributed by atoms with E-state index in [1.54, 1.807) is 16.9 Å². The molecule has 0 spiro atoms. The van der Waals surface area contributed by atoms with Gasteiger partial charge in [-0.25, -0.2) is 4.68 Å². The number of nitrogens with two attached hydrogens (primary N) is 1. The van der Waals surface area contributed by atoms with E-state index in [4.69, 9.17) is 5.73 Å². The molecule has 1 aromatic rings. The van der Waals surface area contributed by atoms with Gasteiger partial charge in [0.2, 0.25) is 5.91 Å². The number of amides is 1. The molecule has 0 aliphatic rings. The maximum Gasteiger partial charge on any atom is 0.239 e. The highest BCUT2D eigenvalue weighted by Crippen LogP contribution is 2.08. The smallest absolute Gasteiger partial charge is 0.239 e. The van der Waals surface area contributed by atoms with Gasteiger partial charge in [-0.2, -0.15) is 5.10 Å². The van der Waals surface area contributed by atoms with E-state index in [0.717, 1.165) is 6.54 Å². The van der Waals surface area contributed by atoms with Gasteiger partial charge in [0, 0.05) is 12.6 Å². The second-order valence-corrected chi connectivity index (χ2v) is 3.54. The number of anilines is 1. The highest BCUT2D eigenvalue weighted by atomic mass is 35.5. The van der Waals surface area contributed by atoms with Crippen LogP contribution in [0.5, 0.6) is 0 Å². The largest absolute Gasteiger partial charge is 0.322 e. The molecule has 0 atom stereocenters. The van der Waals surface area contributed by atoms with Crippen molar-refractivity contribution in [1.29, 1.82) is 0 Å². The van der Waals surface area contributed by atoms with Crippen molar-refractivity contribution in [2.45, 2.75) is 20.4 Å². The Bertz CT molecular complexity index is 311. The fraction of sp³-hybridized carbons (Fsp3) is 0.556. The zero-order valence-corrected chi connectivity index (χ0v) is 9.75. The van der Waals surface area contributed by atoms with Crippen molar-refractivity contribution in [2.24, 2.45) is 11.7 Å². The molecule has 0 aliphatic heterocycles. The summed E-state index contributed by atoms with van der Waals surface area (Å²) in [5.74, 6) is 0.994. The van der Waals surface area contributed by atoms with Gasteiger partial charge >= 0.3 is 0 Å². The summed E-state index contributed by atoms with van der Waals surface area (Å²) in [7, 11) is 0. The van der Waals surface area contributed by atoms with Crippen molar-refractivity contribution in [2.75, 3.05) is 11.9 Å². The normalized spacial score (nSPS) is 9.87. The Hall–Kier alpha value is -1.07. The second-order valence-electron chi connectivity index (χ2n) is 3.54. The van der Waals surface area contributed by atoms with Crippen LogP contribution in [0.15, 0.2) is 12.3 Å². The van der Waals surface area contributed by atoms with E-state index in [-0.39, 0.29) is 24.9 Å². The van der Waals surface area contributed by atoms with Gasteiger partial charge in [-0.05, 0) is 5.92 Å². The van der Waals surface area contributed by atoms with Crippen molar-refractivity contribution < 1.29 is 4.79 Å². The Morgan fingerprint density at radius 3 is 2.87 bits per heavy atom. The minimum absolute atomic E-state index is 0. The minimum atomic E-state index is -0.199. The lowest BCUT2D eigenvalue weighted by Crippen LogP contribution is -2.24. The maximum atomic E-state index is 11.0. The monoisotopic (exact) mass is 232 g/mol. The lowest BCUT2D eigenvalue weighted by molar-refractivity contribution is -0.114. The van der Waals surface area contributed by atoms with Crippen LogP contribution in [0.3, 0.4) is 0 Å². The molecule has 0 saturated heterocycles. The molecule has 0 aliphatic carbocycles. The molecule has 5 nitrogen and oxygen atoms in total. The SMILES string of the molecule is CC(C)Cn1nccc1NC(=O)CN.Cl. The van der Waals surface area contributed by atoms with Crippen molar-refractivity contribution in [3.8, 4) is 0 Å². The number of carbonyl (C=O) groups is 1. The zero-order valence-electron chi connectivity index (χ0n) is 8.93. The van der Waals surface area contributed by atoms with Gasteiger partial charge in [0.25, 0.3) is 0 Å². The first-order chi connectivity index (χ1) is 6.63. The van der Waals surface area contributed by atoms with Crippen molar-refractivity contribution in [3.63, 3.8) is 0 Å². The standard InChI is InChI=1S/C9H16N4O.ClH/c1-7(2)6-13-8(3-4-11-13)12-9(14)5-10;/h3-4,7H,5-6,10H2,1-2H3,(H,12,14);1H. The Kier molecular flexibility index (Phi) is 5.96. The summed E-state index contributed by atoms with van der Waals surface area (Å²) in [6.07, 6.45) is 1.66. The van der Waals surface area contributed by atoms with Gasteiger partial charge < -0.3 is 11.1 Å². The van der Waals surface area contributed by atoms with Gasteiger partial charge in [0.05, 0.1) is 12.7 Å². The zero-order chi connectivity index (χ0) is 10.6. The third-order valence-corrected chi connectivity index (χ3v) is 1.71. The fourth-order valence-electron chi connectivity index (χ4n) is 1.12. The molecule has 1 aromatic heterocycles. The molecule has 0 aromatic carbocycles. The predicted octanol–water partition coefficient (Wildman–Crippen LogP) is 0.858. The molecule has 0 bridgehead atoms. The summed E-state index contributed by atoms with van der Waals surface area (Å²) in [6, 6.07) is 1.76. The number of carbonyl (C=O) groups excluding carboxylic acids is 1. The van der Waals surface area contributed by atoms with Crippen LogP contribution in [0.2, 0.25) is 0 Å². The summed E-state index contributed by atoms with van der Waals surface area (Å²) < 4.78 is 1.76. The molecule has 86 valence electrons. The van der Waals surface area contributed by atoms with Gasteiger partial charge in [-0.15, -0.1) is 12.4 Å². The van der Waals surface area contributed by atoms with Crippen LogP contribution in [0.1, 0.15) is 13.8 Å². The molecule has 0 saturated carbocycles. The Morgan fingerprint density at radius 2 is 2.33 bits per heavy atom. The first-order valence-corrected chi connectivity index (χ1v) is 4.65. The highest BCUT2D eigenvalue weighted by Gasteiger charge is 2.06. The van der Waals surface area contributed by atoms with Crippen LogP contribution < -0.4 is 11.1 Å². The molecular weight excluding hydrogens is 216 g/mol. The predicted molar refractivity (Wildman–Crippen MR) is 62.0 cm³/mol. The Morgan fingerprint density at radius 1 is 1.67 bits per heavy atom. The molecule has 15 heavy (non-hydrogen) atoms. The molecule has 1 amide bonds. The lowest BCUT2D eigenvalue weighted by Gasteiger charge is -2.09. The van der Waals surface area contributed by atoms with E-state index in [2.05, 4.69) is 24.3 Å². The van der Waals surface area contributed by atoms with E-state index in [1.807, 2.05) is 0 Å². The molecule has 3 N–H and O–H groups in total. The van der Waals surface area contributed by atoms with E-state index < -0.39 is 0 Å². The number of nitrogens with one attached hydrogen (secondary N) is 1. The van der Waals surface area contributed by atoms with Crippen LogP contribution in [0.25, 0.3) is 0 Å². The van der Waals surface area contributed by atoms with Gasteiger partial charge in [0.1, 0.15) is 5.82 Å². The Labute approximate surface area is 95.4 Å². The van der Waals surface area contributed by atoms with Crippen LogP contribution in [0.4, 0.5) is 5.82 Å². The third-order valence-electron chi connectivity index (χ3n) is 1.71. The highest BCUT2D eigenvalue weighted by molar-refractivity contribution is 5.91. The molecule has 0 fully saturated rings. The quantitative estimate of drug-likeness (QED) is 0.809. The van der Waals surface area contributed by atoms with Crippen LogP contribution in [0, 0.1) is 5.92 Å². The molecule has 6 heteroatoms.